The van der Waals surface area contributed by atoms with E-state index in [9.17, 15) is 0 Å². The first-order valence-corrected chi connectivity index (χ1v) is 2.23. The van der Waals surface area contributed by atoms with E-state index in [0.29, 0.717) is 0 Å². The summed E-state index contributed by atoms with van der Waals surface area (Å²) in [5, 5.41) is 0. The molecule has 0 heterocycles. The van der Waals surface area contributed by atoms with Gasteiger partial charge in [0.2, 0.25) is 0 Å². The fourth-order valence-corrected chi connectivity index (χ4v) is 0.167. The summed E-state index contributed by atoms with van der Waals surface area (Å²) >= 11 is 0. The first-order chi connectivity index (χ1) is 2.81. The van der Waals surface area contributed by atoms with Crippen molar-refractivity contribution >= 4 is 0 Å². The summed E-state index contributed by atoms with van der Waals surface area (Å²) in [6.07, 6.45) is 4.17. The zero-order chi connectivity index (χ0) is 4.99. The SMILES string of the molecule is CC=C(C)[CH-]C.[Zr]. The van der Waals surface area contributed by atoms with E-state index in [4.69, 9.17) is 0 Å². The van der Waals surface area contributed by atoms with Gasteiger partial charge in [-0.15, -0.1) is 13.8 Å². The van der Waals surface area contributed by atoms with Gasteiger partial charge in [-0.05, 0) is 0 Å². The summed E-state index contributed by atoms with van der Waals surface area (Å²) in [6, 6.07) is 0. The molecule has 0 aliphatic carbocycles. The summed E-state index contributed by atoms with van der Waals surface area (Å²) in [5.41, 5.74) is 1.34. The molecule has 0 saturated heterocycles. The Morgan fingerprint density at radius 2 is 2.00 bits per heavy atom. The molecule has 1 heteroatoms. The predicted molar refractivity (Wildman–Crippen MR) is 29.4 cm³/mol. The van der Waals surface area contributed by atoms with Crippen molar-refractivity contribution in [3.63, 3.8) is 0 Å². The second-order valence-electron chi connectivity index (χ2n) is 1.32. The zero-order valence-electron chi connectivity index (χ0n) is 5.15. The van der Waals surface area contributed by atoms with Crippen LogP contribution < -0.4 is 0 Å². The van der Waals surface area contributed by atoms with E-state index < -0.39 is 0 Å². The van der Waals surface area contributed by atoms with Crippen molar-refractivity contribution in [1.29, 1.82) is 0 Å². The van der Waals surface area contributed by atoms with Gasteiger partial charge in [0.1, 0.15) is 0 Å². The van der Waals surface area contributed by atoms with E-state index in [1.54, 1.807) is 0 Å². The molecule has 0 rings (SSSR count). The van der Waals surface area contributed by atoms with E-state index in [1.807, 2.05) is 13.8 Å². The Labute approximate surface area is 65.1 Å². The van der Waals surface area contributed by atoms with Gasteiger partial charge in [-0.25, -0.2) is 18.1 Å². The van der Waals surface area contributed by atoms with Crippen LogP contribution in [0.4, 0.5) is 0 Å². The molecule has 0 N–H and O–H groups in total. The third-order valence-electron chi connectivity index (χ3n) is 0.911. The summed E-state index contributed by atoms with van der Waals surface area (Å²) in [6.45, 7) is 6.16. The third-order valence-corrected chi connectivity index (χ3v) is 0.911. The third kappa shape index (κ3) is 6.49. The minimum atomic E-state index is 0. The van der Waals surface area contributed by atoms with Gasteiger partial charge in [-0.2, -0.15) is 0 Å². The first kappa shape index (κ1) is 10.5. The Morgan fingerprint density at radius 1 is 1.57 bits per heavy atom. The largest absolute Gasteiger partial charge is 0.231 e. The molecule has 0 unspecified atom stereocenters. The van der Waals surface area contributed by atoms with Crippen molar-refractivity contribution in [3.8, 4) is 0 Å². The molecule has 7 heavy (non-hydrogen) atoms. The monoisotopic (exact) mass is 173 g/mol. The van der Waals surface area contributed by atoms with Crippen LogP contribution in [0.5, 0.6) is 0 Å². The molecule has 0 aromatic rings. The summed E-state index contributed by atoms with van der Waals surface area (Å²) in [7, 11) is 0. The predicted octanol–water partition coefficient (Wildman–Crippen LogP) is 2.17. The van der Waals surface area contributed by atoms with Crippen LogP contribution >= 0.6 is 0 Å². The Kier molecular flexibility index (Phi) is 9.71. The maximum Gasteiger partial charge on any atom is 0 e. The summed E-state index contributed by atoms with van der Waals surface area (Å²) in [4.78, 5) is 0. The van der Waals surface area contributed by atoms with Gasteiger partial charge in [0.15, 0.2) is 0 Å². The average Bonchev–Trinajstić information content (AvgIpc) is 1.65. The van der Waals surface area contributed by atoms with Gasteiger partial charge >= 0.3 is 0 Å². The van der Waals surface area contributed by atoms with Gasteiger partial charge in [-0.1, -0.05) is 6.92 Å². The fourth-order valence-electron chi connectivity index (χ4n) is 0.167. The molecule has 0 aromatic carbocycles. The standard InChI is InChI=1S/C6H11.Zr/c1-4-6(3)5-2;/h4-5H,1-3H3;/q-1;. The number of hydrogen-bond acceptors (Lipinski definition) is 0. The average molecular weight is 174 g/mol. The minimum absolute atomic E-state index is 0. The molecule has 0 aliphatic rings. The van der Waals surface area contributed by atoms with Crippen LogP contribution in [0.1, 0.15) is 20.8 Å². The van der Waals surface area contributed by atoms with Crippen LogP contribution in [0.2, 0.25) is 0 Å². The van der Waals surface area contributed by atoms with Crippen molar-refractivity contribution in [2.45, 2.75) is 20.8 Å². The van der Waals surface area contributed by atoms with Crippen LogP contribution in [0.3, 0.4) is 0 Å². The van der Waals surface area contributed by atoms with E-state index >= 15 is 0 Å². The van der Waals surface area contributed by atoms with Crippen molar-refractivity contribution in [2.24, 2.45) is 0 Å². The second-order valence-corrected chi connectivity index (χ2v) is 1.32. The van der Waals surface area contributed by atoms with Gasteiger partial charge < -0.3 is 0 Å². The quantitative estimate of drug-likeness (QED) is 0.535. The summed E-state index contributed by atoms with van der Waals surface area (Å²) in [5.74, 6) is 0. The maximum atomic E-state index is 2.08. The topological polar surface area (TPSA) is 0 Å². The Balaban J connectivity index is 0. The van der Waals surface area contributed by atoms with Gasteiger partial charge in [0, 0.05) is 26.2 Å². The molecule has 0 aliphatic heterocycles. The maximum absolute atomic E-state index is 2.08. The molecule has 0 amide bonds. The van der Waals surface area contributed by atoms with Crippen molar-refractivity contribution in [1.82, 2.24) is 0 Å². The van der Waals surface area contributed by atoms with Crippen LogP contribution in [0, 0.1) is 6.42 Å². The smallest absolute Gasteiger partial charge is 0 e. The van der Waals surface area contributed by atoms with E-state index in [0.717, 1.165) is 0 Å². The van der Waals surface area contributed by atoms with Crippen LogP contribution in [0.25, 0.3) is 0 Å². The van der Waals surface area contributed by atoms with Crippen LogP contribution in [0.15, 0.2) is 11.6 Å². The minimum Gasteiger partial charge on any atom is -0.231 e. The molecular weight excluding hydrogens is 163 g/mol. The molecule has 0 radical (unpaired) electrons. The molecule has 0 saturated carbocycles. The van der Waals surface area contributed by atoms with E-state index in [-0.39, 0.29) is 26.2 Å². The van der Waals surface area contributed by atoms with Crippen molar-refractivity contribution in [2.75, 3.05) is 0 Å². The molecule has 40 valence electrons. The van der Waals surface area contributed by atoms with Crippen molar-refractivity contribution in [3.05, 3.63) is 18.1 Å². The van der Waals surface area contributed by atoms with E-state index in [2.05, 4.69) is 19.4 Å². The molecule has 0 spiro atoms. The number of allylic oxidation sites excluding steroid dienone is 2. The zero-order valence-corrected chi connectivity index (χ0v) is 7.61. The molecule has 0 aromatic heterocycles. The van der Waals surface area contributed by atoms with Crippen LogP contribution in [-0.4, -0.2) is 0 Å². The van der Waals surface area contributed by atoms with Crippen LogP contribution in [-0.2, 0) is 26.2 Å². The fraction of sp³-hybridized carbons (Fsp3) is 0.500. The van der Waals surface area contributed by atoms with Gasteiger partial charge in [-0.3, -0.25) is 0 Å². The Bertz CT molecular complexity index is 55.2. The first-order valence-electron chi connectivity index (χ1n) is 2.23. The molecular formula is C6H11Zr-. The number of hydrogen-bond donors (Lipinski definition) is 0. The number of rotatable bonds is 1. The molecule has 0 fully saturated rings. The normalized spacial score (nSPS) is 9.86. The van der Waals surface area contributed by atoms with Crippen molar-refractivity contribution < 1.29 is 26.2 Å². The second kappa shape index (κ2) is 6.49. The summed E-state index contributed by atoms with van der Waals surface area (Å²) < 4.78 is 0. The molecule has 0 bridgehead atoms. The Hall–Kier alpha value is 0.493. The van der Waals surface area contributed by atoms with Gasteiger partial charge in [0.25, 0.3) is 0 Å². The Morgan fingerprint density at radius 3 is 2.00 bits per heavy atom. The van der Waals surface area contributed by atoms with E-state index in [1.165, 1.54) is 5.57 Å². The molecule has 0 nitrogen and oxygen atoms in total. The van der Waals surface area contributed by atoms with Gasteiger partial charge in [0.05, 0.1) is 0 Å². The molecule has 0 atom stereocenters.